The van der Waals surface area contributed by atoms with Gasteiger partial charge in [0.25, 0.3) is 0 Å². The molecule has 0 aliphatic heterocycles. The van der Waals surface area contributed by atoms with Crippen LogP contribution < -0.4 is 5.73 Å². The Morgan fingerprint density at radius 3 is 2.47 bits per heavy atom. The van der Waals surface area contributed by atoms with Crippen molar-refractivity contribution in [3.05, 3.63) is 48.1 Å². The Kier molecular flexibility index (Phi) is 3.68. The molecule has 0 spiro atoms. The van der Waals surface area contributed by atoms with Gasteiger partial charge in [-0.25, -0.2) is 8.78 Å². The fourth-order valence-corrected chi connectivity index (χ4v) is 1.21. The summed E-state index contributed by atoms with van der Waals surface area (Å²) in [6, 6.07) is 2.29. The molecule has 0 heterocycles. The molecule has 0 radical (unpaired) electrons. The van der Waals surface area contributed by atoms with Crippen molar-refractivity contribution in [2.75, 3.05) is 0 Å². The van der Waals surface area contributed by atoms with Gasteiger partial charge in [-0.1, -0.05) is 12.1 Å². The summed E-state index contributed by atoms with van der Waals surface area (Å²) in [6.07, 6.45) is 1.62. The van der Waals surface area contributed by atoms with Gasteiger partial charge in [-0.05, 0) is 18.6 Å². The van der Waals surface area contributed by atoms with Crippen LogP contribution in [0.3, 0.4) is 0 Å². The highest BCUT2D eigenvalue weighted by atomic mass is 19.1. The normalized spacial score (nSPS) is 12.2. The average Bonchev–Trinajstić information content (AvgIpc) is 2.17. The van der Waals surface area contributed by atoms with Crippen molar-refractivity contribution < 1.29 is 13.6 Å². The third kappa shape index (κ3) is 2.47. The molecule has 0 aromatic heterocycles. The van der Waals surface area contributed by atoms with Crippen molar-refractivity contribution in [2.24, 2.45) is 5.73 Å². The van der Waals surface area contributed by atoms with Gasteiger partial charge in [0.05, 0.1) is 11.6 Å². The van der Waals surface area contributed by atoms with Crippen molar-refractivity contribution in [1.82, 2.24) is 0 Å². The van der Waals surface area contributed by atoms with Crippen molar-refractivity contribution in [1.29, 1.82) is 0 Å². The zero-order chi connectivity index (χ0) is 11.4. The molecule has 0 aliphatic rings. The summed E-state index contributed by atoms with van der Waals surface area (Å²) in [7, 11) is 0. The molecule has 0 fully saturated rings. The summed E-state index contributed by atoms with van der Waals surface area (Å²) >= 11 is 0. The van der Waals surface area contributed by atoms with E-state index in [2.05, 4.69) is 6.58 Å². The van der Waals surface area contributed by atoms with Crippen molar-refractivity contribution in [2.45, 2.75) is 12.5 Å². The van der Waals surface area contributed by atoms with Crippen LogP contribution >= 0.6 is 0 Å². The van der Waals surface area contributed by atoms with Gasteiger partial charge < -0.3 is 5.73 Å². The number of carbonyl (C=O) groups excluding carboxylic acids is 1. The number of halogens is 2. The Balaban J connectivity index is 3.05. The van der Waals surface area contributed by atoms with Gasteiger partial charge in [0, 0.05) is 0 Å². The summed E-state index contributed by atoms with van der Waals surface area (Å²) in [6.45, 7) is 3.40. The lowest BCUT2D eigenvalue weighted by atomic mass is 10.0. The number of hydrogen-bond donors (Lipinski definition) is 1. The molecule has 1 aromatic carbocycles. The number of carbonyl (C=O) groups is 1. The van der Waals surface area contributed by atoms with E-state index in [9.17, 15) is 13.6 Å². The standard InChI is InChI=1S/C11H11F2NO/c1-2-4-9(14)11(15)10-7(12)5-3-6-8(10)13/h2-3,5-6,9H,1,4,14H2. The van der Waals surface area contributed by atoms with Crippen LogP contribution in [-0.4, -0.2) is 11.8 Å². The van der Waals surface area contributed by atoms with E-state index in [4.69, 9.17) is 5.73 Å². The summed E-state index contributed by atoms with van der Waals surface area (Å²) in [5.41, 5.74) is 4.87. The molecule has 80 valence electrons. The number of benzene rings is 1. The summed E-state index contributed by atoms with van der Waals surface area (Å²) in [5, 5.41) is 0. The minimum Gasteiger partial charge on any atom is -0.321 e. The number of hydrogen-bond acceptors (Lipinski definition) is 2. The molecule has 1 rings (SSSR count). The molecular formula is C11H11F2NO. The molecule has 2 nitrogen and oxygen atoms in total. The van der Waals surface area contributed by atoms with Crippen LogP contribution in [0.25, 0.3) is 0 Å². The largest absolute Gasteiger partial charge is 0.321 e. The number of Topliss-reactive ketones (excluding diaryl/α,β-unsaturated/α-hetero) is 1. The second-order valence-electron chi connectivity index (χ2n) is 3.09. The number of nitrogens with two attached hydrogens (primary N) is 1. The van der Waals surface area contributed by atoms with Gasteiger partial charge >= 0.3 is 0 Å². The van der Waals surface area contributed by atoms with Gasteiger partial charge in [-0.15, -0.1) is 6.58 Å². The van der Waals surface area contributed by atoms with Gasteiger partial charge in [0.15, 0.2) is 5.78 Å². The Morgan fingerprint density at radius 1 is 1.47 bits per heavy atom. The van der Waals surface area contributed by atoms with Gasteiger partial charge in [-0.2, -0.15) is 0 Å². The maximum atomic E-state index is 13.2. The monoisotopic (exact) mass is 211 g/mol. The number of rotatable bonds is 4. The highest BCUT2D eigenvalue weighted by Gasteiger charge is 2.21. The SMILES string of the molecule is C=CCC(N)C(=O)c1c(F)cccc1F. The molecule has 0 aliphatic carbocycles. The van der Waals surface area contributed by atoms with Crippen LogP contribution in [0.15, 0.2) is 30.9 Å². The predicted octanol–water partition coefficient (Wildman–Crippen LogP) is 2.05. The first-order valence-electron chi connectivity index (χ1n) is 4.42. The lowest BCUT2D eigenvalue weighted by molar-refractivity contribution is 0.0953. The second-order valence-corrected chi connectivity index (χ2v) is 3.09. The molecule has 0 amide bonds. The maximum absolute atomic E-state index is 13.2. The van der Waals surface area contributed by atoms with Crippen LogP contribution in [0.4, 0.5) is 8.78 Å². The first-order chi connectivity index (χ1) is 7.07. The molecule has 1 unspecified atom stereocenters. The van der Waals surface area contributed by atoms with Gasteiger partial charge in [0.2, 0.25) is 0 Å². The summed E-state index contributed by atoms with van der Waals surface area (Å²) < 4.78 is 26.3. The molecule has 1 atom stereocenters. The molecule has 4 heteroatoms. The Labute approximate surface area is 86.4 Å². The quantitative estimate of drug-likeness (QED) is 0.611. The minimum absolute atomic E-state index is 0.187. The topological polar surface area (TPSA) is 43.1 Å². The third-order valence-electron chi connectivity index (χ3n) is 1.97. The first kappa shape index (κ1) is 11.5. The molecule has 0 bridgehead atoms. The summed E-state index contributed by atoms with van der Waals surface area (Å²) in [4.78, 5) is 11.5. The predicted molar refractivity (Wildman–Crippen MR) is 53.5 cm³/mol. The average molecular weight is 211 g/mol. The third-order valence-corrected chi connectivity index (χ3v) is 1.97. The smallest absolute Gasteiger partial charge is 0.185 e. The Morgan fingerprint density at radius 2 is 2.00 bits per heavy atom. The Bertz CT molecular complexity index is 370. The fourth-order valence-electron chi connectivity index (χ4n) is 1.21. The highest BCUT2D eigenvalue weighted by Crippen LogP contribution is 2.14. The van der Waals surface area contributed by atoms with Crippen LogP contribution in [0.2, 0.25) is 0 Å². The van der Waals surface area contributed by atoms with Crippen LogP contribution in [0.5, 0.6) is 0 Å². The van der Waals surface area contributed by atoms with E-state index >= 15 is 0 Å². The minimum atomic E-state index is -0.950. The molecule has 1 aromatic rings. The van der Waals surface area contributed by atoms with Gasteiger partial charge in [0.1, 0.15) is 11.6 Å². The lowest BCUT2D eigenvalue weighted by Crippen LogP contribution is -2.31. The summed E-state index contributed by atoms with van der Waals surface area (Å²) in [5.74, 6) is -2.52. The van der Waals surface area contributed by atoms with E-state index in [1.165, 1.54) is 12.1 Å². The lowest BCUT2D eigenvalue weighted by Gasteiger charge is -2.09. The van der Waals surface area contributed by atoms with Crippen molar-refractivity contribution in [3.63, 3.8) is 0 Å². The van der Waals surface area contributed by atoms with Crippen LogP contribution in [0.1, 0.15) is 16.8 Å². The zero-order valence-corrected chi connectivity index (χ0v) is 8.04. The highest BCUT2D eigenvalue weighted by molar-refractivity contribution is 6.00. The Hall–Kier alpha value is -1.55. The van der Waals surface area contributed by atoms with E-state index in [1.807, 2.05) is 0 Å². The zero-order valence-electron chi connectivity index (χ0n) is 8.04. The van der Waals surface area contributed by atoms with Gasteiger partial charge in [-0.3, -0.25) is 4.79 Å². The maximum Gasteiger partial charge on any atom is 0.185 e. The number of ketones is 1. The molecule has 2 N–H and O–H groups in total. The fraction of sp³-hybridized carbons (Fsp3) is 0.182. The molecule has 15 heavy (non-hydrogen) atoms. The van der Waals surface area contributed by atoms with E-state index in [1.54, 1.807) is 0 Å². The van der Waals surface area contributed by atoms with E-state index in [-0.39, 0.29) is 6.42 Å². The van der Waals surface area contributed by atoms with E-state index < -0.39 is 29.0 Å². The van der Waals surface area contributed by atoms with Crippen LogP contribution in [-0.2, 0) is 0 Å². The van der Waals surface area contributed by atoms with Crippen molar-refractivity contribution >= 4 is 5.78 Å². The molecule has 0 saturated heterocycles. The van der Waals surface area contributed by atoms with Crippen LogP contribution in [0, 0.1) is 11.6 Å². The molecule has 0 saturated carbocycles. The van der Waals surface area contributed by atoms with Crippen molar-refractivity contribution in [3.8, 4) is 0 Å². The van der Waals surface area contributed by atoms with E-state index in [0.717, 1.165) is 12.1 Å². The molecular weight excluding hydrogens is 200 g/mol. The first-order valence-corrected chi connectivity index (χ1v) is 4.42. The van der Waals surface area contributed by atoms with E-state index in [0.29, 0.717) is 0 Å². The second kappa shape index (κ2) is 4.79.